The molecule has 0 fully saturated rings. The van der Waals surface area contributed by atoms with E-state index in [9.17, 15) is 13.2 Å². The van der Waals surface area contributed by atoms with Gasteiger partial charge in [-0.05, 0) is 28.8 Å². The van der Waals surface area contributed by atoms with Crippen LogP contribution >= 0.6 is 28.3 Å². The minimum absolute atomic E-state index is 0. The van der Waals surface area contributed by atoms with Crippen LogP contribution in [0.2, 0.25) is 0 Å². The van der Waals surface area contributed by atoms with E-state index in [0.29, 0.717) is 0 Å². The lowest BCUT2D eigenvalue weighted by Crippen LogP contribution is -2.10. The van der Waals surface area contributed by atoms with Crippen LogP contribution in [0.5, 0.6) is 0 Å². The minimum Gasteiger partial charge on any atom is -0.320 e. The molecule has 0 spiro atoms. The molecule has 0 N–H and O–H groups in total. The normalized spacial score (nSPS) is 13.3. The lowest BCUT2D eigenvalue weighted by atomic mass is 9.95. The Kier molecular flexibility index (Phi) is 4.88. The van der Waals surface area contributed by atoms with Crippen molar-refractivity contribution in [2.75, 3.05) is 7.05 Å². The first-order valence-electron chi connectivity index (χ1n) is 7.81. The average Bonchev–Trinajstić information content (AvgIpc) is 3.10. The third kappa shape index (κ3) is 2.93. The second-order valence-corrected chi connectivity index (χ2v) is 7.08. The third-order valence-corrected chi connectivity index (χ3v) is 5.81. The van der Waals surface area contributed by atoms with Gasteiger partial charge < -0.3 is 4.57 Å². The molecule has 136 valence electrons. The Labute approximate surface area is 163 Å². The van der Waals surface area contributed by atoms with Gasteiger partial charge in [0.15, 0.2) is 4.80 Å². The zero-order chi connectivity index (χ0) is 17.8. The van der Waals surface area contributed by atoms with Crippen molar-refractivity contribution in [3.05, 3.63) is 63.3 Å². The summed E-state index contributed by atoms with van der Waals surface area (Å²) in [4.78, 5) is 6.51. The van der Waals surface area contributed by atoms with E-state index in [1.165, 1.54) is 10.4 Å². The van der Waals surface area contributed by atoms with E-state index in [4.69, 9.17) is 0 Å². The molecule has 2 nitrogen and oxygen atoms in total. The van der Waals surface area contributed by atoms with E-state index in [-0.39, 0.29) is 17.0 Å². The van der Waals surface area contributed by atoms with Gasteiger partial charge in [0.25, 0.3) is 0 Å². The topological polar surface area (TPSA) is 17.3 Å². The Morgan fingerprint density at radius 3 is 2.31 bits per heavy atom. The summed E-state index contributed by atoms with van der Waals surface area (Å²) in [6.07, 6.45) is -3.52. The summed E-state index contributed by atoms with van der Waals surface area (Å²) in [7, 11) is 3.78. The van der Waals surface area contributed by atoms with Crippen LogP contribution in [0.3, 0.4) is 0 Å². The third-order valence-electron chi connectivity index (χ3n) is 4.58. The largest absolute Gasteiger partial charge is 0.416 e. The summed E-state index contributed by atoms with van der Waals surface area (Å²) >= 11 is 1.66. The number of alkyl halides is 3. The van der Waals surface area contributed by atoms with Crippen LogP contribution in [0.4, 0.5) is 13.2 Å². The van der Waals surface area contributed by atoms with Gasteiger partial charge in [-0.15, -0.1) is 28.3 Å². The molecule has 0 atom stereocenters. The van der Waals surface area contributed by atoms with E-state index in [1.54, 1.807) is 30.5 Å². The maximum Gasteiger partial charge on any atom is 0.416 e. The summed E-state index contributed by atoms with van der Waals surface area (Å²) in [6.45, 7) is 0. The molecule has 4 rings (SSSR count). The highest BCUT2D eigenvalue weighted by Crippen LogP contribution is 2.42. The Bertz CT molecular complexity index is 1030. The summed E-state index contributed by atoms with van der Waals surface area (Å²) in [5, 5.41) is 0. The number of hydrogen-bond donors (Lipinski definition) is 0. The molecule has 1 heterocycles. The quantitative estimate of drug-likeness (QED) is 0.374. The van der Waals surface area contributed by atoms with Gasteiger partial charge in [0.05, 0.1) is 11.3 Å². The summed E-state index contributed by atoms with van der Waals surface area (Å²) in [5.41, 5.74) is 4.65. The standard InChI is InChI=1S/C19H15F3N2S.BrH/c1-23-18-24(2)17-14-5-3-4-13(15(14)10-16(17)25-18)11-6-8-12(9-7-11)19(20,21)22;/h3-9H,10H2,1-2H3;1H/b23-18-;. The van der Waals surface area contributed by atoms with E-state index < -0.39 is 11.7 Å². The number of aromatic nitrogens is 1. The van der Waals surface area contributed by atoms with Gasteiger partial charge >= 0.3 is 6.18 Å². The average molecular weight is 441 g/mol. The number of halogens is 4. The monoisotopic (exact) mass is 440 g/mol. The van der Waals surface area contributed by atoms with Crippen molar-refractivity contribution < 1.29 is 13.2 Å². The molecule has 0 aliphatic heterocycles. The zero-order valence-corrected chi connectivity index (χ0v) is 16.6. The molecule has 1 aromatic heterocycles. The number of hydrogen-bond acceptors (Lipinski definition) is 2. The molecule has 1 aliphatic carbocycles. The number of thiazole rings is 1. The highest BCUT2D eigenvalue weighted by molar-refractivity contribution is 8.93. The molecule has 0 saturated carbocycles. The van der Waals surface area contributed by atoms with Crippen LogP contribution in [0.15, 0.2) is 47.5 Å². The lowest BCUT2D eigenvalue weighted by Gasteiger charge is -2.11. The molecule has 0 amide bonds. The fourth-order valence-electron chi connectivity index (χ4n) is 3.42. The highest BCUT2D eigenvalue weighted by atomic mass is 79.9. The van der Waals surface area contributed by atoms with Gasteiger partial charge in [-0.1, -0.05) is 30.3 Å². The van der Waals surface area contributed by atoms with Crippen molar-refractivity contribution >= 4 is 28.3 Å². The molecule has 0 bridgehead atoms. The first-order chi connectivity index (χ1) is 11.9. The Hall–Kier alpha value is -1.86. The fraction of sp³-hybridized carbons (Fsp3) is 0.211. The summed E-state index contributed by atoms with van der Waals surface area (Å²) in [5.74, 6) is 0. The van der Waals surface area contributed by atoms with Crippen molar-refractivity contribution in [3.8, 4) is 22.4 Å². The summed E-state index contributed by atoms with van der Waals surface area (Å²) < 4.78 is 40.4. The second kappa shape index (κ2) is 6.70. The van der Waals surface area contributed by atoms with Gasteiger partial charge in [-0.2, -0.15) is 13.2 Å². The smallest absolute Gasteiger partial charge is 0.320 e. The predicted octanol–water partition coefficient (Wildman–Crippen LogP) is 5.45. The minimum atomic E-state index is -4.31. The zero-order valence-electron chi connectivity index (χ0n) is 14.1. The molecule has 0 radical (unpaired) electrons. The van der Waals surface area contributed by atoms with Gasteiger partial charge in [0.2, 0.25) is 0 Å². The van der Waals surface area contributed by atoms with Gasteiger partial charge in [-0.25, -0.2) is 0 Å². The van der Waals surface area contributed by atoms with Crippen LogP contribution in [0.25, 0.3) is 22.4 Å². The van der Waals surface area contributed by atoms with Gasteiger partial charge in [-0.3, -0.25) is 4.99 Å². The fourth-order valence-corrected chi connectivity index (χ4v) is 4.52. The molecule has 0 unspecified atom stereocenters. The van der Waals surface area contributed by atoms with E-state index in [2.05, 4.69) is 15.6 Å². The Balaban J connectivity index is 0.00000196. The van der Waals surface area contributed by atoms with Crippen LogP contribution in [-0.2, 0) is 19.6 Å². The summed E-state index contributed by atoms with van der Waals surface area (Å²) in [6, 6.07) is 11.4. The van der Waals surface area contributed by atoms with Crippen LogP contribution < -0.4 is 4.80 Å². The first-order valence-corrected chi connectivity index (χ1v) is 8.63. The van der Waals surface area contributed by atoms with Crippen molar-refractivity contribution in [1.29, 1.82) is 0 Å². The lowest BCUT2D eigenvalue weighted by molar-refractivity contribution is -0.137. The molecule has 7 heteroatoms. The van der Waals surface area contributed by atoms with Crippen LogP contribution in [0, 0.1) is 0 Å². The van der Waals surface area contributed by atoms with Crippen molar-refractivity contribution in [1.82, 2.24) is 4.57 Å². The first kappa shape index (κ1) is 18.9. The van der Waals surface area contributed by atoms with E-state index in [0.717, 1.165) is 45.7 Å². The predicted molar refractivity (Wildman–Crippen MR) is 104 cm³/mol. The Morgan fingerprint density at radius 2 is 1.69 bits per heavy atom. The van der Waals surface area contributed by atoms with Crippen LogP contribution in [-0.4, -0.2) is 11.6 Å². The molecule has 0 saturated heterocycles. The van der Waals surface area contributed by atoms with Crippen molar-refractivity contribution in [2.24, 2.45) is 12.0 Å². The Morgan fingerprint density at radius 1 is 1.04 bits per heavy atom. The molecule has 2 aromatic carbocycles. The molecule has 26 heavy (non-hydrogen) atoms. The number of nitrogens with zero attached hydrogens (tertiary/aromatic N) is 2. The van der Waals surface area contributed by atoms with Gasteiger partial charge in [0.1, 0.15) is 0 Å². The molecular formula is C19H16BrF3N2S. The molecule has 3 aromatic rings. The molecular weight excluding hydrogens is 425 g/mol. The number of fused-ring (bicyclic) bond motifs is 3. The maximum absolute atomic E-state index is 12.8. The van der Waals surface area contributed by atoms with Crippen LogP contribution in [0.1, 0.15) is 16.0 Å². The van der Waals surface area contributed by atoms with E-state index >= 15 is 0 Å². The van der Waals surface area contributed by atoms with Crippen molar-refractivity contribution in [2.45, 2.75) is 12.6 Å². The SMILES string of the molecule is Br.C/N=c1\sc2c(n1C)-c1cccc(-c3ccc(C(F)(F)F)cc3)c1C2. The number of rotatable bonds is 1. The highest BCUT2D eigenvalue weighted by Gasteiger charge is 2.30. The second-order valence-electron chi connectivity index (χ2n) is 6.02. The molecule has 1 aliphatic rings. The van der Waals surface area contributed by atoms with Gasteiger partial charge in [0, 0.05) is 31.0 Å². The van der Waals surface area contributed by atoms with E-state index in [1.807, 2.05) is 19.2 Å². The van der Waals surface area contributed by atoms with Crippen molar-refractivity contribution in [3.63, 3.8) is 0 Å². The maximum atomic E-state index is 12.8. The number of benzene rings is 2.